The molecule has 3 aliphatic rings. The number of rotatable bonds is 4. The van der Waals surface area contributed by atoms with Gasteiger partial charge in [-0.05, 0) is 43.3 Å². The molecule has 192 valence electrons. The Morgan fingerprint density at radius 3 is 2.65 bits per heavy atom. The minimum atomic E-state index is 0.00354. The van der Waals surface area contributed by atoms with Gasteiger partial charge in [-0.15, -0.1) is 0 Å². The average molecular weight is 500 g/mol. The summed E-state index contributed by atoms with van der Waals surface area (Å²) in [5.74, 6) is 0.942. The molecule has 0 amide bonds. The third kappa shape index (κ3) is 4.35. The summed E-state index contributed by atoms with van der Waals surface area (Å²) < 4.78 is 13.4. The Morgan fingerprint density at radius 2 is 1.89 bits per heavy atom. The van der Waals surface area contributed by atoms with Crippen molar-refractivity contribution in [2.75, 3.05) is 67.6 Å². The number of aromatic nitrogens is 2. The second-order valence-corrected chi connectivity index (χ2v) is 10.4. The van der Waals surface area contributed by atoms with Crippen molar-refractivity contribution in [3.63, 3.8) is 0 Å². The van der Waals surface area contributed by atoms with E-state index in [1.165, 1.54) is 0 Å². The van der Waals surface area contributed by atoms with Crippen molar-refractivity contribution in [3.8, 4) is 6.07 Å². The number of ether oxygens (including phenoxy) is 1. The zero-order chi connectivity index (χ0) is 26.4. The first-order chi connectivity index (χ1) is 18.4. The molecule has 9 heteroatoms. The summed E-state index contributed by atoms with van der Waals surface area (Å²) in [6.07, 6.45) is 2.20. The number of benzene rings is 1. The number of nitrogens with zero attached hydrogens (tertiary/aromatic N) is 7. The van der Waals surface area contributed by atoms with Gasteiger partial charge in [0.25, 0.3) is 0 Å². The van der Waals surface area contributed by atoms with Crippen LogP contribution >= 0.6 is 0 Å². The molecule has 3 fully saturated rings. The normalized spacial score (nSPS) is 26.8. The first-order valence-corrected chi connectivity index (χ1v) is 13.0. The molecule has 0 bridgehead atoms. The van der Waals surface area contributed by atoms with Gasteiger partial charge < -0.3 is 25.2 Å². The van der Waals surface area contributed by atoms with E-state index < -0.39 is 0 Å². The number of pyridine rings is 2. The van der Waals surface area contributed by atoms with E-state index in [1.54, 1.807) is 13.2 Å². The lowest BCUT2D eigenvalue weighted by Gasteiger charge is -2.51. The van der Waals surface area contributed by atoms with Crippen molar-refractivity contribution in [2.45, 2.75) is 31.2 Å². The van der Waals surface area contributed by atoms with Gasteiger partial charge in [0.1, 0.15) is 11.9 Å². The highest BCUT2D eigenvalue weighted by molar-refractivity contribution is 5.95. The third-order valence-electron chi connectivity index (χ3n) is 8.20. The molecule has 0 aliphatic carbocycles. The van der Waals surface area contributed by atoms with Crippen LogP contribution in [0.4, 0.5) is 17.2 Å². The molecule has 3 aromatic rings. The molecule has 9 nitrogen and oxygen atoms in total. The third-order valence-corrected chi connectivity index (χ3v) is 8.20. The highest BCUT2D eigenvalue weighted by Gasteiger charge is 2.37. The van der Waals surface area contributed by atoms with Crippen molar-refractivity contribution in [2.24, 2.45) is 5.73 Å². The summed E-state index contributed by atoms with van der Waals surface area (Å²) in [5.41, 5.74) is 9.55. The minimum Gasteiger partial charge on any atom is -0.378 e. The molecule has 5 heterocycles. The van der Waals surface area contributed by atoms with Gasteiger partial charge in [-0.1, -0.05) is 0 Å². The first-order valence-electron chi connectivity index (χ1n) is 13.5. The monoisotopic (exact) mass is 499 g/mol. The van der Waals surface area contributed by atoms with Gasteiger partial charge in [0.15, 0.2) is 0 Å². The molecule has 0 saturated carbocycles. The molecule has 37 heavy (non-hydrogen) atoms. The fourth-order valence-electron chi connectivity index (χ4n) is 6.25. The number of hydrogen-bond donors (Lipinski definition) is 1. The van der Waals surface area contributed by atoms with Crippen LogP contribution in [-0.4, -0.2) is 92.0 Å². The Hall–Kier alpha value is -3.45. The van der Waals surface area contributed by atoms with Gasteiger partial charge in [-0.3, -0.25) is 9.88 Å². The maximum Gasteiger partial charge on any atom is 0.128 e. The Balaban J connectivity index is 1.20. The smallest absolute Gasteiger partial charge is 0.128 e. The molecule has 3 saturated heterocycles. The topological polar surface area (TPSA) is 97.8 Å². The molecule has 2 aromatic heterocycles. The number of fused-ring (bicyclic) bond motifs is 2. The number of hydrogen-bond acceptors (Lipinski definition) is 9. The number of nitrogens with two attached hydrogens (primary N) is 1. The highest BCUT2D eigenvalue weighted by Crippen LogP contribution is 2.32. The van der Waals surface area contributed by atoms with Crippen LogP contribution in [0.2, 0.25) is 0 Å². The Morgan fingerprint density at radius 1 is 1.03 bits per heavy atom. The van der Waals surface area contributed by atoms with Crippen LogP contribution in [0.25, 0.3) is 10.9 Å². The van der Waals surface area contributed by atoms with Gasteiger partial charge in [0.2, 0.25) is 0 Å². The maximum absolute atomic E-state index is 9.58. The summed E-state index contributed by atoms with van der Waals surface area (Å²) >= 11 is 0. The fraction of sp³-hybridized carbons (Fsp3) is 0.464. The van der Waals surface area contributed by atoms with Crippen LogP contribution in [0.3, 0.4) is 0 Å². The Kier molecular flexibility index (Phi) is 6.01. The summed E-state index contributed by atoms with van der Waals surface area (Å²) in [6.45, 7) is 8.52. The summed E-state index contributed by atoms with van der Waals surface area (Å²) in [7, 11) is 1.71. The molecular formula is C28H34N8O. The predicted octanol–water partition coefficient (Wildman–Crippen LogP) is 2.06. The van der Waals surface area contributed by atoms with Crippen molar-refractivity contribution in [3.05, 3.63) is 54.3 Å². The summed E-state index contributed by atoms with van der Waals surface area (Å²) in [5, 5.41) is 10.5. The van der Waals surface area contributed by atoms with Gasteiger partial charge in [0, 0.05) is 82.3 Å². The molecule has 3 aliphatic heterocycles. The Bertz CT molecular complexity index is 1360. The number of methoxy groups -OCH3 is 1. The van der Waals surface area contributed by atoms with Crippen LogP contribution < -0.4 is 20.4 Å². The highest BCUT2D eigenvalue weighted by atomic mass is 16.5. The van der Waals surface area contributed by atoms with Crippen molar-refractivity contribution in [1.82, 2.24) is 14.9 Å². The quantitative estimate of drug-likeness (QED) is 0.578. The van der Waals surface area contributed by atoms with E-state index >= 15 is 0 Å². The first kappa shape index (κ1) is 22.7. The lowest BCUT2D eigenvalue weighted by molar-refractivity contribution is 0.108. The molecule has 0 radical (unpaired) electrons. The van der Waals surface area contributed by atoms with Crippen LogP contribution in [0.15, 0.2) is 48.8 Å². The molecule has 0 unspecified atom stereocenters. The van der Waals surface area contributed by atoms with Crippen molar-refractivity contribution < 1.29 is 6.11 Å². The van der Waals surface area contributed by atoms with Gasteiger partial charge in [0.05, 0.1) is 36.5 Å². The van der Waals surface area contributed by atoms with Gasteiger partial charge >= 0.3 is 0 Å². The standard InChI is InChI=1S/C28H34N8O/c1-19-14-34(25-7-5-20(12-29)28-23(25)4-3-9-31-28)16-22-15-33(10-11-36(19)22)21-6-8-27(32-13-21)35-17-24(30)26(18-35)37-2/h3-9,13,19,22,24,26H,10-11,14-18,30H2,1-2H3/t19-,22-,24+,26+/m0/s1/i9D. The lowest BCUT2D eigenvalue weighted by atomic mass is 10.0. The van der Waals surface area contributed by atoms with E-state index in [-0.39, 0.29) is 18.3 Å². The molecule has 6 rings (SSSR count). The largest absolute Gasteiger partial charge is 0.378 e. The molecule has 2 N–H and O–H groups in total. The van der Waals surface area contributed by atoms with E-state index in [0.717, 1.165) is 68.4 Å². The van der Waals surface area contributed by atoms with E-state index in [2.05, 4.69) is 49.7 Å². The van der Waals surface area contributed by atoms with Crippen molar-refractivity contribution >= 4 is 28.1 Å². The fourth-order valence-corrected chi connectivity index (χ4v) is 6.25. The van der Waals surface area contributed by atoms with Gasteiger partial charge in [-0.2, -0.15) is 5.26 Å². The molecule has 1 aromatic carbocycles. The number of piperazine rings is 2. The molecule has 4 atom stereocenters. The molecular weight excluding hydrogens is 464 g/mol. The van der Waals surface area contributed by atoms with Gasteiger partial charge in [-0.25, -0.2) is 4.98 Å². The van der Waals surface area contributed by atoms with Crippen LogP contribution in [0, 0.1) is 11.3 Å². The van der Waals surface area contributed by atoms with Crippen LogP contribution in [0.1, 0.15) is 13.9 Å². The van der Waals surface area contributed by atoms with Crippen LogP contribution in [0.5, 0.6) is 0 Å². The number of nitriles is 1. The number of anilines is 3. The molecule has 0 spiro atoms. The zero-order valence-corrected chi connectivity index (χ0v) is 21.4. The Labute approximate surface area is 219 Å². The second kappa shape index (κ2) is 9.78. The lowest BCUT2D eigenvalue weighted by Crippen LogP contribution is -2.65. The maximum atomic E-state index is 9.58. The second-order valence-electron chi connectivity index (χ2n) is 10.4. The van der Waals surface area contributed by atoms with Crippen LogP contribution in [-0.2, 0) is 4.74 Å². The minimum absolute atomic E-state index is 0.00354. The van der Waals surface area contributed by atoms with E-state index in [4.69, 9.17) is 16.8 Å². The van der Waals surface area contributed by atoms with Crippen molar-refractivity contribution in [1.29, 1.82) is 5.26 Å². The summed E-state index contributed by atoms with van der Waals surface area (Å²) in [4.78, 5) is 18.8. The predicted molar refractivity (Wildman–Crippen MR) is 146 cm³/mol. The average Bonchev–Trinajstić information content (AvgIpc) is 3.32. The zero-order valence-electron chi connectivity index (χ0n) is 22.4. The summed E-state index contributed by atoms with van der Waals surface area (Å²) in [6, 6.07) is 14.8. The van der Waals surface area contributed by atoms with E-state index in [1.807, 2.05) is 24.4 Å². The van der Waals surface area contributed by atoms with E-state index in [9.17, 15) is 5.26 Å². The SMILES string of the molecule is [2H]c1ccc2c(N3C[C@@H]4CN(c5ccc(N6C[C@@H](N)[C@H](OC)C6)nc5)CCN4[C@@H](C)C3)ccc(C#N)c2n1. The van der Waals surface area contributed by atoms with E-state index in [0.29, 0.717) is 23.2 Å².